The third-order valence-corrected chi connectivity index (χ3v) is 5.65. The number of hydrogen-bond acceptors (Lipinski definition) is 7. The molecule has 26 heavy (non-hydrogen) atoms. The van der Waals surface area contributed by atoms with Crippen molar-refractivity contribution in [1.82, 2.24) is 9.97 Å². The molecule has 1 aromatic carbocycles. The third kappa shape index (κ3) is 3.12. The van der Waals surface area contributed by atoms with Gasteiger partial charge in [-0.05, 0) is 36.8 Å². The monoisotopic (exact) mass is 372 g/mol. The lowest BCUT2D eigenvalue weighted by Crippen LogP contribution is -2.47. The lowest BCUT2D eigenvalue weighted by Gasteiger charge is -2.35. The Hall–Kier alpha value is -2.61. The summed E-state index contributed by atoms with van der Waals surface area (Å²) in [5.41, 5.74) is 2.77. The SMILES string of the molecule is Cc1ccc2oc(N3CCN(c4ncccc4S(C)(=O)=O)CC3)nc2c1. The zero-order chi connectivity index (χ0) is 18.3. The van der Waals surface area contributed by atoms with Crippen molar-refractivity contribution in [2.24, 2.45) is 0 Å². The van der Waals surface area contributed by atoms with E-state index in [-0.39, 0.29) is 4.90 Å². The highest BCUT2D eigenvalue weighted by Gasteiger charge is 2.25. The molecular formula is C18H20N4O3S. The molecule has 0 aliphatic carbocycles. The summed E-state index contributed by atoms with van der Waals surface area (Å²) < 4.78 is 29.9. The van der Waals surface area contributed by atoms with Crippen LogP contribution in [0.3, 0.4) is 0 Å². The van der Waals surface area contributed by atoms with Crippen LogP contribution < -0.4 is 9.80 Å². The summed E-state index contributed by atoms with van der Waals surface area (Å²) in [6.45, 7) is 4.70. The predicted molar refractivity (Wildman–Crippen MR) is 101 cm³/mol. The summed E-state index contributed by atoms with van der Waals surface area (Å²) in [7, 11) is -3.32. The Balaban J connectivity index is 1.54. The largest absolute Gasteiger partial charge is 0.423 e. The summed E-state index contributed by atoms with van der Waals surface area (Å²) in [5, 5.41) is 0. The van der Waals surface area contributed by atoms with Crippen molar-refractivity contribution < 1.29 is 12.8 Å². The zero-order valence-electron chi connectivity index (χ0n) is 14.7. The fraction of sp³-hybridized carbons (Fsp3) is 0.333. The highest BCUT2D eigenvalue weighted by atomic mass is 32.2. The van der Waals surface area contributed by atoms with Crippen LogP contribution >= 0.6 is 0 Å². The lowest BCUT2D eigenvalue weighted by molar-refractivity contribution is 0.539. The van der Waals surface area contributed by atoms with E-state index in [1.54, 1.807) is 18.3 Å². The molecule has 0 bridgehead atoms. The first-order valence-electron chi connectivity index (χ1n) is 8.44. The average molecular weight is 372 g/mol. The van der Waals surface area contributed by atoms with Gasteiger partial charge in [0.05, 0.1) is 0 Å². The number of fused-ring (bicyclic) bond motifs is 1. The quantitative estimate of drug-likeness (QED) is 0.698. The van der Waals surface area contributed by atoms with Crippen molar-refractivity contribution in [1.29, 1.82) is 0 Å². The fourth-order valence-corrected chi connectivity index (χ4v) is 4.02. The van der Waals surface area contributed by atoms with Crippen LogP contribution in [0.2, 0.25) is 0 Å². The van der Waals surface area contributed by atoms with Gasteiger partial charge in [0.15, 0.2) is 15.4 Å². The average Bonchev–Trinajstić information content (AvgIpc) is 3.04. The summed E-state index contributed by atoms with van der Waals surface area (Å²) in [5.74, 6) is 0.517. The van der Waals surface area contributed by atoms with E-state index < -0.39 is 9.84 Å². The second-order valence-electron chi connectivity index (χ2n) is 6.54. The number of oxazole rings is 1. The molecule has 4 rings (SSSR count). The second kappa shape index (κ2) is 6.28. The van der Waals surface area contributed by atoms with Gasteiger partial charge in [-0.15, -0.1) is 0 Å². The number of aryl methyl sites for hydroxylation is 1. The van der Waals surface area contributed by atoms with E-state index in [1.807, 2.05) is 30.0 Å². The van der Waals surface area contributed by atoms with Gasteiger partial charge in [-0.3, -0.25) is 0 Å². The number of nitrogens with zero attached hydrogens (tertiary/aromatic N) is 4. The molecule has 3 aromatic rings. The Bertz CT molecular complexity index is 1050. The first kappa shape index (κ1) is 16.8. The van der Waals surface area contributed by atoms with E-state index >= 15 is 0 Å². The number of sulfone groups is 1. The van der Waals surface area contributed by atoms with E-state index in [4.69, 9.17) is 4.42 Å². The van der Waals surface area contributed by atoms with Crippen molar-refractivity contribution >= 4 is 32.8 Å². The molecule has 8 heteroatoms. The maximum Gasteiger partial charge on any atom is 0.298 e. The third-order valence-electron chi connectivity index (χ3n) is 4.53. The van der Waals surface area contributed by atoms with Gasteiger partial charge < -0.3 is 14.2 Å². The molecule has 3 heterocycles. The molecule has 0 unspecified atom stereocenters. The molecule has 2 aromatic heterocycles. The van der Waals surface area contributed by atoms with Crippen molar-refractivity contribution in [2.75, 3.05) is 42.2 Å². The normalized spacial score (nSPS) is 15.6. The summed E-state index contributed by atoms with van der Waals surface area (Å²) in [6, 6.07) is 9.80. The summed E-state index contributed by atoms with van der Waals surface area (Å²) in [6.07, 6.45) is 2.84. The molecule has 0 atom stereocenters. The second-order valence-corrected chi connectivity index (χ2v) is 8.52. The van der Waals surface area contributed by atoms with Crippen LogP contribution in [-0.4, -0.2) is 50.8 Å². The van der Waals surface area contributed by atoms with Crippen molar-refractivity contribution in [3.63, 3.8) is 0 Å². The number of aromatic nitrogens is 2. The van der Waals surface area contributed by atoms with Crippen LogP contribution in [-0.2, 0) is 9.84 Å². The van der Waals surface area contributed by atoms with Crippen molar-refractivity contribution in [2.45, 2.75) is 11.8 Å². The van der Waals surface area contributed by atoms with Gasteiger partial charge >= 0.3 is 0 Å². The van der Waals surface area contributed by atoms with Crippen LogP contribution in [0.25, 0.3) is 11.1 Å². The smallest absolute Gasteiger partial charge is 0.298 e. The molecular weight excluding hydrogens is 352 g/mol. The van der Waals surface area contributed by atoms with Gasteiger partial charge in [-0.1, -0.05) is 6.07 Å². The molecule has 136 valence electrons. The first-order valence-corrected chi connectivity index (χ1v) is 10.3. The fourth-order valence-electron chi connectivity index (χ4n) is 3.18. The Labute approximate surface area is 152 Å². The van der Waals surface area contributed by atoms with Gasteiger partial charge in [-0.25, -0.2) is 13.4 Å². The van der Waals surface area contributed by atoms with Crippen LogP contribution in [0.5, 0.6) is 0 Å². The Morgan fingerprint density at radius 3 is 2.54 bits per heavy atom. The molecule has 1 aliphatic heterocycles. The van der Waals surface area contributed by atoms with E-state index in [0.29, 0.717) is 38.0 Å². The van der Waals surface area contributed by atoms with Crippen LogP contribution in [0.15, 0.2) is 45.8 Å². The van der Waals surface area contributed by atoms with Crippen LogP contribution in [0, 0.1) is 6.92 Å². The van der Waals surface area contributed by atoms with E-state index in [1.165, 1.54) is 6.26 Å². The maximum absolute atomic E-state index is 12.0. The molecule has 0 N–H and O–H groups in total. The van der Waals surface area contributed by atoms with Gasteiger partial charge in [-0.2, -0.15) is 4.98 Å². The molecule has 1 aliphatic rings. The van der Waals surface area contributed by atoms with Crippen molar-refractivity contribution in [3.8, 4) is 0 Å². The molecule has 1 saturated heterocycles. The standard InChI is InChI=1S/C18H20N4O3S/c1-13-5-6-15-14(12-13)20-18(25-15)22-10-8-21(9-11-22)17-16(26(2,23)24)4-3-7-19-17/h3-7,12H,8-11H2,1-2H3. The number of hydrogen-bond donors (Lipinski definition) is 0. The van der Waals surface area contributed by atoms with Crippen LogP contribution in [0.1, 0.15) is 5.56 Å². The Morgan fingerprint density at radius 1 is 1.08 bits per heavy atom. The Kier molecular flexibility index (Phi) is 4.07. The number of benzene rings is 1. The summed E-state index contributed by atoms with van der Waals surface area (Å²) in [4.78, 5) is 13.2. The molecule has 0 spiro atoms. The molecule has 0 radical (unpaired) electrons. The molecule has 1 fully saturated rings. The Morgan fingerprint density at radius 2 is 1.81 bits per heavy atom. The van der Waals surface area contributed by atoms with Gasteiger partial charge in [0, 0.05) is 38.6 Å². The molecule has 7 nitrogen and oxygen atoms in total. The van der Waals surface area contributed by atoms with Gasteiger partial charge in [0.1, 0.15) is 16.2 Å². The lowest BCUT2D eigenvalue weighted by atomic mass is 10.2. The number of anilines is 2. The highest BCUT2D eigenvalue weighted by Crippen LogP contribution is 2.26. The van der Waals surface area contributed by atoms with Gasteiger partial charge in [0.25, 0.3) is 6.01 Å². The van der Waals surface area contributed by atoms with E-state index in [2.05, 4.69) is 14.9 Å². The van der Waals surface area contributed by atoms with E-state index in [9.17, 15) is 8.42 Å². The predicted octanol–water partition coefficient (Wildman–Crippen LogP) is 2.26. The number of rotatable bonds is 3. The number of pyridine rings is 1. The minimum Gasteiger partial charge on any atom is -0.423 e. The van der Waals surface area contributed by atoms with Gasteiger partial charge in [0.2, 0.25) is 0 Å². The van der Waals surface area contributed by atoms with Crippen molar-refractivity contribution in [3.05, 3.63) is 42.1 Å². The minimum absolute atomic E-state index is 0.269. The number of piperazine rings is 1. The summed E-state index contributed by atoms with van der Waals surface area (Å²) >= 11 is 0. The topological polar surface area (TPSA) is 79.5 Å². The highest BCUT2D eigenvalue weighted by molar-refractivity contribution is 7.90. The first-order chi connectivity index (χ1) is 12.4. The molecule has 0 amide bonds. The minimum atomic E-state index is -3.32. The van der Waals surface area contributed by atoms with E-state index in [0.717, 1.165) is 16.7 Å². The zero-order valence-corrected chi connectivity index (χ0v) is 15.5. The molecule has 0 saturated carbocycles. The van der Waals surface area contributed by atoms with Crippen LogP contribution in [0.4, 0.5) is 11.8 Å². The maximum atomic E-state index is 12.0.